The number of hydrogen-bond donors (Lipinski definition) is 2. The van der Waals surface area contributed by atoms with Crippen molar-refractivity contribution in [2.24, 2.45) is 5.41 Å². The van der Waals surface area contributed by atoms with Gasteiger partial charge in [0.15, 0.2) is 0 Å². The molecule has 1 aromatic rings. The third kappa shape index (κ3) is 3.29. The summed E-state index contributed by atoms with van der Waals surface area (Å²) in [4.78, 5) is 27.8. The Hall–Kier alpha value is -1.43. The van der Waals surface area contributed by atoms with E-state index in [1.54, 1.807) is 27.7 Å². The van der Waals surface area contributed by atoms with E-state index in [0.29, 0.717) is 10.6 Å². The number of carbonyl (C=O) groups is 2. The molecule has 0 fully saturated rings. The van der Waals surface area contributed by atoms with Crippen LogP contribution >= 0.6 is 11.3 Å². The maximum atomic E-state index is 12.0. The van der Waals surface area contributed by atoms with Gasteiger partial charge in [0.2, 0.25) is 0 Å². The molecule has 0 bridgehead atoms. The SMILES string of the molecule is Cc1nc(C)c(C(=O)NC(C(=O)O)C(C)(C)C)s1. The zero-order valence-electron chi connectivity index (χ0n) is 11.2. The first-order valence-corrected chi connectivity index (χ1v) is 6.42. The molecular formula is C12H18N2O3S. The average Bonchev–Trinajstić information content (AvgIpc) is 2.51. The lowest BCUT2D eigenvalue weighted by atomic mass is 9.87. The largest absolute Gasteiger partial charge is 0.480 e. The number of aliphatic carboxylic acids is 1. The Morgan fingerprint density at radius 2 is 1.89 bits per heavy atom. The van der Waals surface area contributed by atoms with Crippen LogP contribution in [0.4, 0.5) is 0 Å². The van der Waals surface area contributed by atoms with Gasteiger partial charge in [0.1, 0.15) is 10.9 Å². The van der Waals surface area contributed by atoms with Crippen molar-refractivity contribution < 1.29 is 14.7 Å². The van der Waals surface area contributed by atoms with Gasteiger partial charge in [-0.2, -0.15) is 0 Å². The summed E-state index contributed by atoms with van der Waals surface area (Å²) in [6.07, 6.45) is 0. The second-order valence-electron chi connectivity index (χ2n) is 5.26. The molecule has 1 unspecified atom stereocenters. The van der Waals surface area contributed by atoms with Gasteiger partial charge in [-0.25, -0.2) is 9.78 Å². The Labute approximate surface area is 110 Å². The first kappa shape index (κ1) is 14.6. The predicted octanol–water partition coefficient (Wildman–Crippen LogP) is 1.99. The van der Waals surface area contributed by atoms with Crippen LogP contribution in [0.25, 0.3) is 0 Å². The molecule has 100 valence electrons. The smallest absolute Gasteiger partial charge is 0.326 e. The lowest BCUT2D eigenvalue weighted by Crippen LogP contribution is -2.49. The number of amides is 1. The van der Waals surface area contributed by atoms with E-state index in [0.717, 1.165) is 5.01 Å². The molecule has 2 N–H and O–H groups in total. The number of carboxylic acid groups (broad SMARTS) is 1. The van der Waals surface area contributed by atoms with Gasteiger partial charge in [-0.15, -0.1) is 11.3 Å². The van der Waals surface area contributed by atoms with Crippen LogP contribution in [0.15, 0.2) is 0 Å². The molecule has 0 saturated carbocycles. The molecule has 0 spiro atoms. The van der Waals surface area contributed by atoms with Gasteiger partial charge in [0.05, 0.1) is 10.7 Å². The molecule has 0 aliphatic carbocycles. The number of aryl methyl sites for hydroxylation is 2. The van der Waals surface area contributed by atoms with Crippen molar-refractivity contribution in [2.45, 2.75) is 40.7 Å². The number of rotatable bonds is 3. The minimum atomic E-state index is -1.03. The zero-order valence-corrected chi connectivity index (χ0v) is 12.0. The topological polar surface area (TPSA) is 79.3 Å². The third-order valence-electron chi connectivity index (χ3n) is 2.50. The molecule has 18 heavy (non-hydrogen) atoms. The summed E-state index contributed by atoms with van der Waals surface area (Å²) in [7, 11) is 0. The summed E-state index contributed by atoms with van der Waals surface area (Å²) in [5.74, 6) is -1.41. The van der Waals surface area contributed by atoms with Crippen LogP contribution in [-0.2, 0) is 4.79 Å². The number of hydrogen-bond acceptors (Lipinski definition) is 4. The molecule has 1 heterocycles. The van der Waals surface area contributed by atoms with E-state index in [1.807, 2.05) is 6.92 Å². The van der Waals surface area contributed by atoms with E-state index in [1.165, 1.54) is 11.3 Å². The number of nitrogens with zero attached hydrogens (tertiary/aromatic N) is 1. The van der Waals surface area contributed by atoms with Crippen molar-refractivity contribution in [3.63, 3.8) is 0 Å². The molecular weight excluding hydrogens is 252 g/mol. The highest BCUT2D eigenvalue weighted by Crippen LogP contribution is 2.22. The van der Waals surface area contributed by atoms with Gasteiger partial charge in [0.25, 0.3) is 5.91 Å². The summed E-state index contributed by atoms with van der Waals surface area (Å²) < 4.78 is 0. The predicted molar refractivity (Wildman–Crippen MR) is 69.9 cm³/mol. The quantitative estimate of drug-likeness (QED) is 0.880. The average molecular weight is 270 g/mol. The first-order chi connectivity index (χ1) is 8.12. The van der Waals surface area contributed by atoms with E-state index in [-0.39, 0.29) is 5.91 Å². The Balaban J connectivity index is 2.93. The van der Waals surface area contributed by atoms with Gasteiger partial charge in [0, 0.05) is 0 Å². The van der Waals surface area contributed by atoms with Crippen molar-refractivity contribution in [1.82, 2.24) is 10.3 Å². The molecule has 6 heteroatoms. The lowest BCUT2D eigenvalue weighted by Gasteiger charge is -2.27. The van der Waals surface area contributed by atoms with Crippen LogP contribution in [0.5, 0.6) is 0 Å². The minimum absolute atomic E-state index is 0.375. The van der Waals surface area contributed by atoms with Crippen LogP contribution in [0.2, 0.25) is 0 Å². The number of thiazole rings is 1. The maximum absolute atomic E-state index is 12.0. The van der Waals surface area contributed by atoms with E-state index in [4.69, 9.17) is 5.11 Å². The van der Waals surface area contributed by atoms with Gasteiger partial charge in [-0.05, 0) is 19.3 Å². The maximum Gasteiger partial charge on any atom is 0.326 e. The number of carbonyl (C=O) groups excluding carboxylic acids is 1. The number of nitrogens with one attached hydrogen (secondary N) is 1. The standard InChI is InChI=1S/C12H18N2O3S/c1-6-8(18-7(2)13-6)10(15)14-9(11(16)17)12(3,4)5/h9H,1-5H3,(H,14,15)(H,16,17). The fraction of sp³-hybridized carbons (Fsp3) is 0.583. The Bertz CT molecular complexity index is 474. The van der Waals surface area contributed by atoms with Gasteiger partial charge >= 0.3 is 5.97 Å². The van der Waals surface area contributed by atoms with Crippen LogP contribution in [0.3, 0.4) is 0 Å². The third-order valence-corrected chi connectivity index (χ3v) is 3.57. The molecule has 1 atom stereocenters. The summed E-state index contributed by atoms with van der Waals surface area (Å²) in [6, 6.07) is -0.924. The second-order valence-corrected chi connectivity index (χ2v) is 6.46. The fourth-order valence-corrected chi connectivity index (χ4v) is 2.41. The van der Waals surface area contributed by atoms with Gasteiger partial charge in [-0.3, -0.25) is 4.79 Å². The second kappa shape index (κ2) is 5.06. The molecule has 5 nitrogen and oxygen atoms in total. The molecule has 1 rings (SSSR count). The van der Waals surface area contributed by atoms with Crippen molar-refractivity contribution in [2.75, 3.05) is 0 Å². The monoisotopic (exact) mass is 270 g/mol. The van der Waals surface area contributed by atoms with Crippen molar-refractivity contribution >= 4 is 23.2 Å². The summed E-state index contributed by atoms with van der Waals surface area (Å²) in [6.45, 7) is 8.88. The summed E-state index contributed by atoms with van der Waals surface area (Å²) in [5.41, 5.74) is 0.0860. The normalized spacial score (nSPS) is 13.2. The van der Waals surface area contributed by atoms with Crippen LogP contribution in [0.1, 0.15) is 41.1 Å². The molecule has 1 amide bonds. The minimum Gasteiger partial charge on any atom is -0.480 e. The Morgan fingerprint density at radius 1 is 1.33 bits per heavy atom. The molecule has 1 aromatic heterocycles. The summed E-state index contributed by atoms with van der Waals surface area (Å²) in [5, 5.41) is 12.5. The molecule has 0 saturated heterocycles. The van der Waals surface area contributed by atoms with Crippen molar-refractivity contribution in [1.29, 1.82) is 0 Å². The molecule has 0 aliphatic heterocycles. The number of aromatic nitrogens is 1. The molecule has 0 radical (unpaired) electrons. The highest BCUT2D eigenvalue weighted by Gasteiger charge is 2.33. The molecule has 0 aliphatic rings. The van der Waals surface area contributed by atoms with Crippen LogP contribution < -0.4 is 5.32 Å². The zero-order chi connectivity index (χ0) is 14.1. The summed E-state index contributed by atoms with van der Waals surface area (Å²) >= 11 is 1.27. The highest BCUT2D eigenvalue weighted by molar-refractivity contribution is 7.13. The Morgan fingerprint density at radius 3 is 2.22 bits per heavy atom. The van der Waals surface area contributed by atoms with Crippen molar-refractivity contribution in [3.8, 4) is 0 Å². The number of carboxylic acids is 1. The van der Waals surface area contributed by atoms with E-state index < -0.39 is 17.4 Å². The highest BCUT2D eigenvalue weighted by atomic mass is 32.1. The Kier molecular flexibility index (Phi) is 4.11. The fourth-order valence-electron chi connectivity index (χ4n) is 1.59. The van der Waals surface area contributed by atoms with Crippen molar-refractivity contribution in [3.05, 3.63) is 15.6 Å². The van der Waals surface area contributed by atoms with E-state index >= 15 is 0 Å². The van der Waals surface area contributed by atoms with Crippen LogP contribution in [-0.4, -0.2) is 28.0 Å². The van der Waals surface area contributed by atoms with E-state index in [2.05, 4.69) is 10.3 Å². The van der Waals surface area contributed by atoms with Gasteiger partial charge in [-0.1, -0.05) is 20.8 Å². The molecule has 0 aromatic carbocycles. The van der Waals surface area contributed by atoms with Gasteiger partial charge < -0.3 is 10.4 Å². The van der Waals surface area contributed by atoms with Crippen LogP contribution in [0, 0.1) is 19.3 Å². The van der Waals surface area contributed by atoms with E-state index in [9.17, 15) is 9.59 Å². The first-order valence-electron chi connectivity index (χ1n) is 5.60. The lowest BCUT2D eigenvalue weighted by molar-refractivity contribution is -0.142.